The van der Waals surface area contributed by atoms with Gasteiger partial charge >= 0.3 is 6.18 Å². The van der Waals surface area contributed by atoms with Crippen LogP contribution >= 0.6 is 11.8 Å². The molecule has 1 aromatic carbocycles. The van der Waals surface area contributed by atoms with E-state index in [2.05, 4.69) is 20.3 Å². The number of nitrogens with one attached hydrogen (secondary N) is 1. The van der Waals surface area contributed by atoms with Crippen LogP contribution in [-0.4, -0.2) is 25.4 Å². The first-order valence-electron chi connectivity index (χ1n) is 8.25. The molecule has 0 radical (unpaired) electrons. The molecule has 1 aliphatic heterocycles. The number of hydrogen-bond donors (Lipinski definition) is 2. The van der Waals surface area contributed by atoms with Gasteiger partial charge in [0, 0.05) is 36.1 Å². The van der Waals surface area contributed by atoms with Gasteiger partial charge in [0.15, 0.2) is 5.82 Å². The molecule has 4 rings (SSSR count). The number of carbonyl (C=O) groups excluding carboxylic acids is 1. The predicted molar refractivity (Wildman–Crippen MR) is 101 cm³/mol. The largest absolute Gasteiger partial charge is 0.433 e. The maximum Gasteiger partial charge on any atom is 0.433 e. The van der Waals surface area contributed by atoms with E-state index in [1.54, 1.807) is 12.3 Å². The second kappa shape index (κ2) is 6.92. The second-order valence-electron chi connectivity index (χ2n) is 6.13. The predicted octanol–water partition coefficient (Wildman–Crippen LogP) is 3.27. The molecule has 29 heavy (non-hydrogen) atoms. The quantitative estimate of drug-likeness (QED) is 0.634. The van der Waals surface area contributed by atoms with Crippen molar-refractivity contribution >= 4 is 28.9 Å². The minimum atomic E-state index is -4.67. The summed E-state index contributed by atoms with van der Waals surface area (Å²) in [4.78, 5) is 24.4. The van der Waals surface area contributed by atoms with Crippen molar-refractivity contribution < 1.29 is 18.0 Å². The van der Waals surface area contributed by atoms with E-state index in [-0.39, 0.29) is 16.4 Å². The fraction of sp³-hybridized carbons (Fsp3) is 0.111. The fourth-order valence-electron chi connectivity index (χ4n) is 2.82. The number of halogens is 3. The smallest absolute Gasteiger partial charge is 0.365 e. The maximum atomic E-state index is 13.0. The molecule has 0 bridgehead atoms. The third-order valence-corrected chi connectivity index (χ3v) is 5.23. The molecule has 3 aromatic rings. The number of fused-ring (bicyclic) bond motifs is 1. The van der Waals surface area contributed by atoms with Crippen LogP contribution in [0, 0.1) is 0 Å². The third kappa shape index (κ3) is 3.56. The summed E-state index contributed by atoms with van der Waals surface area (Å²) >= 11 is 1.17. The molecule has 2 aromatic heterocycles. The number of thioether (sulfide) groups is 1. The highest BCUT2D eigenvalue weighted by molar-refractivity contribution is 8.04. The number of hydrogen-bond acceptors (Lipinski definition) is 6. The van der Waals surface area contributed by atoms with Gasteiger partial charge in [-0.25, -0.2) is 15.0 Å². The number of alkyl halides is 3. The van der Waals surface area contributed by atoms with E-state index in [1.165, 1.54) is 11.8 Å². The van der Waals surface area contributed by atoms with Crippen LogP contribution in [-0.2, 0) is 18.0 Å². The molecule has 3 N–H and O–H groups in total. The van der Waals surface area contributed by atoms with Crippen molar-refractivity contribution in [2.75, 3.05) is 5.32 Å². The van der Waals surface area contributed by atoms with Gasteiger partial charge in [-0.05, 0) is 24.3 Å². The Bertz CT molecular complexity index is 1150. The molecular weight excluding hydrogens is 405 g/mol. The van der Waals surface area contributed by atoms with E-state index in [1.807, 2.05) is 29.9 Å². The maximum absolute atomic E-state index is 13.0. The summed E-state index contributed by atoms with van der Waals surface area (Å²) in [7, 11) is 1.86. The van der Waals surface area contributed by atoms with Gasteiger partial charge in [-0.1, -0.05) is 11.8 Å². The summed E-state index contributed by atoms with van der Waals surface area (Å²) < 4.78 is 40.8. The lowest BCUT2D eigenvalue weighted by molar-refractivity contribution is -0.141. The van der Waals surface area contributed by atoms with Gasteiger partial charge in [-0.2, -0.15) is 13.2 Å². The Morgan fingerprint density at radius 1 is 1.21 bits per heavy atom. The van der Waals surface area contributed by atoms with Crippen LogP contribution in [0.25, 0.3) is 17.0 Å². The van der Waals surface area contributed by atoms with Crippen molar-refractivity contribution in [3.63, 3.8) is 0 Å². The van der Waals surface area contributed by atoms with Crippen LogP contribution in [0.1, 0.15) is 11.5 Å². The van der Waals surface area contributed by atoms with E-state index in [9.17, 15) is 18.0 Å². The van der Waals surface area contributed by atoms with Gasteiger partial charge in [-0.15, -0.1) is 0 Å². The number of rotatable bonds is 3. The summed E-state index contributed by atoms with van der Waals surface area (Å²) in [5.41, 5.74) is 5.62. The minimum absolute atomic E-state index is 0.212. The van der Waals surface area contributed by atoms with Gasteiger partial charge in [0.2, 0.25) is 0 Å². The van der Waals surface area contributed by atoms with Crippen molar-refractivity contribution in [3.05, 3.63) is 59.4 Å². The number of primary amides is 1. The molecule has 148 valence electrons. The monoisotopic (exact) mass is 418 g/mol. The molecule has 0 aliphatic carbocycles. The highest BCUT2D eigenvalue weighted by atomic mass is 32.2. The van der Waals surface area contributed by atoms with Crippen molar-refractivity contribution in [2.24, 2.45) is 12.8 Å². The van der Waals surface area contributed by atoms with E-state index in [0.717, 1.165) is 28.5 Å². The molecule has 3 heterocycles. The van der Waals surface area contributed by atoms with Crippen molar-refractivity contribution in [2.45, 2.75) is 11.1 Å². The van der Waals surface area contributed by atoms with Crippen LogP contribution in [0.15, 0.2) is 52.8 Å². The van der Waals surface area contributed by atoms with Gasteiger partial charge in [-0.3, -0.25) is 4.79 Å². The van der Waals surface area contributed by atoms with Gasteiger partial charge < -0.3 is 15.6 Å². The Labute approximate surface area is 166 Å². The number of nitrogens with zero attached hydrogens (tertiary/aromatic N) is 4. The zero-order valence-electron chi connectivity index (χ0n) is 14.9. The Morgan fingerprint density at radius 2 is 2.00 bits per heavy atom. The molecule has 11 heteroatoms. The molecule has 0 saturated heterocycles. The third-order valence-electron chi connectivity index (χ3n) is 4.16. The number of aryl methyl sites for hydroxylation is 1. The number of anilines is 1. The van der Waals surface area contributed by atoms with Crippen LogP contribution in [0.2, 0.25) is 0 Å². The van der Waals surface area contributed by atoms with Gasteiger partial charge in [0.1, 0.15) is 17.1 Å². The molecule has 0 saturated carbocycles. The lowest BCUT2D eigenvalue weighted by Crippen LogP contribution is -2.19. The standard InChI is InChI=1S/C18H13F3N6OS/c1-27-7-6-24-16(27)9-2-3-10-11(8-9)29-17(25-10)13(14(22)28)15-23-5-4-12(26-15)18(19,20)21/h2-8,25H,1H3,(H2,22,28)/b17-13-. The Hall–Kier alpha value is -3.34. The number of amides is 1. The lowest BCUT2D eigenvalue weighted by Gasteiger charge is -2.09. The summed E-state index contributed by atoms with van der Waals surface area (Å²) in [6.45, 7) is 0. The first kappa shape index (κ1) is 19.0. The zero-order chi connectivity index (χ0) is 20.8. The molecule has 1 amide bonds. The second-order valence-corrected chi connectivity index (χ2v) is 7.18. The molecule has 0 atom stereocenters. The minimum Gasteiger partial charge on any atom is -0.365 e. The normalized spacial score (nSPS) is 15.0. The summed E-state index contributed by atoms with van der Waals surface area (Å²) in [5.74, 6) is -0.571. The number of nitrogens with two attached hydrogens (primary N) is 1. The molecule has 1 aliphatic rings. The van der Waals surface area contributed by atoms with Crippen molar-refractivity contribution in [3.8, 4) is 11.4 Å². The van der Waals surface area contributed by atoms with Crippen LogP contribution in [0.5, 0.6) is 0 Å². The number of aromatic nitrogens is 4. The van der Waals surface area contributed by atoms with E-state index in [4.69, 9.17) is 5.73 Å². The molecular formula is C18H13F3N6OS. The van der Waals surface area contributed by atoms with Crippen molar-refractivity contribution in [1.29, 1.82) is 0 Å². The summed E-state index contributed by atoms with van der Waals surface area (Å²) in [6.07, 6.45) is -0.229. The Kier molecular flexibility index (Phi) is 4.53. The van der Waals surface area contributed by atoms with Gasteiger partial charge in [0.05, 0.1) is 10.7 Å². The van der Waals surface area contributed by atoms with E-state index in [0.29, 0.717) is 5.69 Å². The highest BCUT2D eigenvalue weighted by Crippen LogP contribution is 2.45. The average molecular weight is 418 g/mol. The Balaban J connectivity index is 1.75. The Morgan fingerprint density at radius 3 is 2.66 bits per heavy atom. The average Bonchev–Trinajstić information content (AvgIpc) is 3.26. The molecule has 0 fully saturated rings. The number of carbonyl (C=O) groups is 1. The lowest BCUT2D eigenvalue weighted by atomic mass is 10.2. The number of imidazole rings is 1. The van der Waals surface area contributed by atoms with Crippen LogP contribution in [0.4, 0.5) is 18.9 Å². The SMILES string of the molecule is Cn1ccnc1-c1ccc2c(c1)S/C(=C(/C(N)=O)c1nccc(C(F)(F)F)n1)N2. The van der Waals surface area contributed by atoms with Gasteiger partial charge in [0.25, 0.3) is 5.91 Å². The number of benzene rings is 1. The van der Waals surface area contributed by atoms with E-state index < -0.39 is 17.8 Å². The first-order chi connectivity index (χ1) is 13.7. The topological polar surface area (TPSA) is 98.7 Å². The first-order valence-corrected chi connectivity index (χ1v) is 9.07. The molecule has 0 spiro atoms. The summed E-state index contributed by atoms with van der Waals surface area (Å²) in [6, 6.07) is 6.25. The summed E-state index contributed by atoms with van der Waals surface area (Å²) in [5, 5.41) is 3.28. The highest BCUT2D eigenvalue weighted by Gasteiger charge is 2.34. The van der Waals surface area contributed by atoms with Crippen LogP contribution < -0.4 is 11.1 Å². The van der Waals surface area contributed by atoms with Crippen molar-refractivity contribution in [1.82, 2.24) is 19.5 Å². The molecule has 7 nitrogen and oxygen atoms in total. The fourth-order valence-corrected chi connectivity index (χ4v) is 3.91. The molecule has 0 unspecified atom stereocenters. The zero-order valence-corrected chi connectivity index (χ0v) is 15.7. The van der Waals surface area contributed by atoms with Crippen LogP contribution in [0.3, 0.4) is 0 Å². The van der Waals surface area contributed by atoms with E-state index >= 15 is 0 Å².